The number of aliphatic hydroxyl groups is 2. The van der Waals surface area contributed by atoms with Crippen LogP contribution in [0.4, 0.5) is 0 Å². The Morgan fingerprint density at radius 2 is 1.73 bits per heavy atom. The Hall–Kier alpha value is -2.77. The van der Waals surface area contributed by atoms with Crippen LogP contribution in [0.2, 0.25) is 0 Å². The number of carboxylic acid groups (broad SMARTS) is 1. The molecule has 8 N–H and O–H groups in total. The molecule has 33 heavy (non-hydrogen) atoms. The van der Waals surface area contributed by atoms with Gasteiger partial charge in [0.25, 0.3) is 0 Å². The van der Waals surface area contributed by atoms with Gasteiger partial charge in [0, 0.05) is 6.54 Å². The van der Waals surface area contributed by atoms with Crippen molar-refractivity contribution < 1.29 is 39.3 Å². The lowest BCUT2D eigenvalue weighted by Crippen LogP contribution is -2.57. The molecule has 0 aromatic carbocycles. The van der Waals surface area contributed by atoms with Gasteiger partial charge in [-0.25, -0.2) is 4.79 Å². The van der Waals surface area contributed by atoms with E-state index in [1.807, 2.05) is 0 Å². The fourth-order valence-electron chi connectivity index (χ4n) is 3.39. The van der Waals surface area contributed by atoms with E-state index in [0.717, 1.165) is 0 Å². The number of rotatable bonds is 12. The van der Waals surface area contributed by atoms with Crippen molar-refractivity contribution in [3.8, 4) is 0 Å². The molecule has 0 bridgehead atoms. The Morgan fingerprint density at radius 3 is 2.24 bits per heavy atom. The second-order valence-corrected chi connectivity index (χ2v) is 8.51. The standard InChI is InChI=1S/C20H35N5O8/c1-10(2)7-12(20(32)33)23-15(28)8-22-17(29)13(9-26)24-18(30)14-5-4-6-25(14)19(31)16(21)11(3)27/h10-14,16,26-27H,4-9,21H2,1-3H3,(H,22,29)(H,23,28)(H,24,30)(H,32,33)/t11-,12+,13+,14+,16+/m1/s1. The molecule has 0 aromatic heterocycles. The summed E-state index contributed by atoms with van der Waals surface area (Å²) in [6.45, 7) is 3.90. The first kappa shape index (κ1) is 28.3. The molecule has 1 aliphatic heterocycles. The molecule has 1 heterocycles. The zero-order valence-corrected chi connectivity index (χ0v) is 19.1. The number of carboxylic acids is 1. The smallest absolute Gasteiger partial charge is 0.326 e. The minimum absolute atomic E-state index is 0.0205. The van der Waals surface area contributed by atoms with E-state index in [-0.39, 0.29) is 18.9 Å². The molecule has 188 valence electrons. The number of nitrogens with one attached hydrogen (secondary N) is 3. The van der Waals surface area contributed by atoms with E-state index in [9.17, 15) is 39.3 Å². The van der Waals surface area contributed by atoms with Crippen molar-refractivity contribution in [1.82, 2.24) is 20.9 Å². The normalized spacial score (nSPS) is 19.4. The molecule has 0 saturated carbocycles. The van der Waals surface area contributed by atoms with Gasteiger partial charge in [0.15, 0.2) is 0 Å². The molecule has 1 aliphatic rings. The van der Waals surface area contributed by atoms with E-state index in [4.69, 9.17) is 5.73 Å². The molecule has 0 aliphatic carbocycles. The highest BCUT2D eigenvalue weighted by Gasteiger charge is 2.38. The van der Waals surface area contributed by atoms with Gasteiger partial charge in [-0.3, -0.25) is 19.2 Å². The molecule has 13 heteroatoms. The van der Waals surface area contributed by atoms with Crippen LogP contribution in [0.5, 0.6) is 0 Å². The molecule has 0 aromatic rings. The highest BCUT2D eigenvalue weighted by molar-refractivity contribution is 5.94. The third-order valence-electron chi connectivity index (χ3n) is 5.22. The molecular formula is C20H35N5O8. The van der Waals surface area contributed by atoms with Gasteiger partial charge < -0.3 is 41.9 Å². The molecule has 0 spiro atoms. The summed E-state index contributed by atoms with van der Waals surface area (Å²) in [4.78, 5) is 61.9. The van der Waals surface area contributed by atoms with E-state index >= 15 is 0 Å². The number of amides is 4. The summed E-state index contributed by atoms with van der Waals surface area (Å²) < 4.78 is 0. The predicted molar refractivity (Wildman–Crippen MR) is 115 cm³/mol. The average molecular weight is 474 g/mol. The van der Waals surface area contributed by atoms with Crippen molar-refractivity contribution in [2.24, 2.45) is 11.7 Å². The van der Waals surface area contributed by atoms with Crippen LogP contribution in [-0.2, 0) is 24.0 Å². The maximum atomic E-state index is 12.6. The number of nitrogens with two attached hydrogens (primary N) is 1. The average Bonchev–Trinajstić information content (AvgIpc) is 3.23. The van der Waals surface area contributed by atoms with E-state index in [2.05, 4.69) is 16.0 Å². The SMILES string of the molecule is CC(C)C[C@H](NC(=O)CNC(=O)[C@H](CO)NC(=O)[C@@H]1CCCN1C(=O)[C@@H](N)[C@@H](C)O)C(=O)O. The third kappa shape index (κ3) is 8.59. The molecule has 1 fully saturated rings. The largest absolute Gasteiger partial charge is 0.480 e. The van der Waals surface area contributed by atoms with Crippen LogP contribution in [0, 0.1) is 5.92 Å². The molecule has 5 atom stereocenters. The highest BCUT2D eigenvalue weighted by atomic mass is 16.4. The molecule has 1 rings (SSSR count). The summed E-state index contributed by atoms with van der Waals surface area (Å²) in [6, 6.07) is -4.61. The number of carbonyl (C=O) groups excluding carboxylic acids is 4. The third-order valence-corrected chi connectivity index (χ3v) is 5.22. The van der Waals surface area contributed by atoms with Crippen LogP contribution < -0.4 is 21.7 Å². The van der Waals surface area contributed by atoms with Crippen LogP contribution in [0.3, 0.4) is 0 Å². The lowest BCUT2D eigenvalue weighted by molar-refractivity contribution is -0.142. The van der Waals surface area contributed by atoms with Crippen LogP contribution in [0.25, 0.3) is 0 Å². The van der Waals surface area contributed by atoms with E-state index in [0.29, 0.717) is 12.8 Å². The molecule has 13 nitrogen and oxygen atoms in total. The maximum Gasteiger partial charge on any atom is 0.326 e. The number of likely N-dealkylation sites (tertiary alicyclic amines) is 1. The van der Waals surface area contributed by atoms with E-state index in [1.54, 1.807) is 13.8 Å². The second kappa shape index (κ2) is 13.1. The van der Waals surface area contributed by atoms with Gasteiger partial charge >= 0.3 is 5.97 Å². The first-order valence-electron chi connectivity index (χ1n) is 10.8. The zero-order chi connectivity index (χ0) is 25.3. The van der Waals surface area contributed by atoms with Gasteiger partial charge in [0.05, 0.1) is 19.3 Å². The number of hydrogen-bond acceptors (Lipinski definition) is 8. The van der Waals surface area contributed by atoms with Crippen LogP contribution in [-0.4, -0.2) is 99.8 Å². The molecular weight excluding hydrogens is 438 g/mol. The quantitative estimate of drug-likeness (QED) is 0.153. The lowest BCUT2D eigenvalue weighted by Gasteiger charge is -2.28. The zero-order valence-electron chi connectivity index (χ0n) is 19.1. The number of hydrogen-bond donors (Lipinski definition) is 7. The molecule has 0 radical (unpaired) electrons. The Morgan fingerprint density at radius 1 is 1.09 bits per heavy atom. The summed E-state index contributed by atoms with van der Waals surface area (Å²) in [5.41, 5.74) is 5.67. The number of aliphatic carboxylic acids is 1. The molecule has 1 saturated heterocycles. The molecule has 4 amide bonds. The monoisotopic (exact) mass is 473 g/mol. The fourth-order valence-corrected chi connectivity index (χ4v) is 3.39. The maximum absolute atomic E-state index is 12.6. The van der Waals surface area contributed by atoms with E-state index < -0.39 is 73.0 Å². The van der Waals surface area contributed by atoms with Crippen molar-refractivity contribution in [2.75, 3.05) is 19.7 Å². The minimum Gasteiger partial charge on any atom is -0.480 e. The first-order valence-corrected chi connectivity index (χ1v) is 10.8. The first-order chi connectivity index (χ1) is 15.4. The predicted octanol–water partition coefficient (Wildman–Crippen LogP) is -3.11. The molecule has 0 unspecified atom stereocenters. The number of aliphatic hydroxyl groups excluding tert-OH is 2. The fraction of sp³-hybridized carbons (Fsp3) is 0.750. The summed E-state index contributed by atoms with van der Waals surface area (Å²) in [7, 11) is 0. The van der Waals surface area contributed by atoms with Crippen molar-refractivity contribution in [3.05, 3.63) is 0 Å². The number of nitrogens with zero attached hydrogens (tertiary/aromatic N) is 1. The minimum atomic E-state index is -1.39. The summed E-state index contributed by atoms with van der Waals surface area (Å²) in [5.74, 6) is -4.05. The van der Waals surface area contributed by atoms with Gasteiger partial charge in [-0.05, 0) is 32.1 Å². The Balaban J connectivity index is 2.65. The van der Waals surface area contributed by atoms with Gasteiger partial charge in [-0.1, -0.05) is 13.8 Å². The summed E-state index contributed by atoms with van der Waals surface area (Å²) in [5, 5.41) is 35.1. The highest BCUT2D eigenvalue weighted by Crippen LogP contribution is 2.19. The van der Waals surface area contributed by atoms with Crippen molar-refractivity contribution in [1.29, 1.82) is 0 Å². The van der Waals surface area contributed by atoms with E-state index in [1.165, 1.54) is 11.8 Å². The van der Waals surface area contributed by atoms with Crippen LogP contribution in [0.1, 0.15) is 40.0 Å². The second-order valence-electron chi connectivity index (χ2n) is 8.51. The summed E-state index contributed by atoms with van der Waals surface area (Å²) >= 11 is 0. The Labute approximate surface area is 192 Å². The lowest BCUT2D eigenvalue weighted by atomic mass is 10.0. The van der Waals surface area contributed by atoms with Gasteiger partial charge in [-0.15, -0.1) is 0 Å². The van der Waals surface area contributed by atoms with Gasteiger partial charge in [-0.2, -0.15) is 0 Å². The van der Waals surface area contributed by atoms with Crippen molar-refractivity contribution in [2.45, 2.75) is 70.3 Å². The van der Waals surface area contributed by atoms with Gasteiger partial charge in [0.1, 0.15) is 24.2 Å². The summed E-state index contributed by atoms with van der Waals surface area (Å²) in [6.07, 6.45) is -0.0587. The van der Waals surface area contributed by atoms with Crippen molar-refractivity contribution >= 4 is 29.6 Å². The topological polar surface area (TPSA) is 211 Å². The van der Waals surface area contributed by atoms with Crippen LogP contribution in [0.15, 0.2) is 0 Å². The van der Waals surface area contributed by atoms with Crippen molar-refractivity contribution in [3.63, 3.8) is 0 Å². The van der Waals surface area contributed by atoms with Gasteiger partial charge in [0.2, 0.25) is 23.6 Å². The number of carbonyl (C=O) groups is 5. The Kier molecular flexibility index (Phi) is 11.2. The van der Waals surface area contributed by atoms with Crippen LogP contribution >= 0.6 is 0 Å². The Bertz CT molecular complexity index is 729.